The van der Waals surface area contributed by atoms with Crippen LogP contribution in [0.2, 0.25) is 0 Å². The van der Waals surface area contributed by atoms with E-state index in [1.165, 1.54) is 9.64 Å². The lowest BCUT2D eigenvalue weighted by Gasteiger charge is -2.11. The molecule has 2 aromatic carbocycles. The van der Waals surface area contributed by atoms with Gasteiger partial charge >= 0.3 is 0 Å². The van der Waals surface area contributed by atoms with Gasteiger partial charge in [-0.2, -0.15) is 0 Å². The topological polar surface area (TPSA) is 52.5 Å². The number of hydrogen-bond donors (Lipinski definition) is 3. The molecule has 0 spiro atoms. The van der Waals surface area contributed by atoms with Crippen LogP contribution in [0.25, 0.3) is 0 Å². The molecule has 0 atom stereocenters. The van der Waals surface area contributed by atoms with Crippen LogP contribution < -0.4 is 5.32 Å². The maximum Gasteiger partial charge on any atom is 0.162 e. The largest absolute Gasteiger partial charge is 0.504 e. The van der Waals surface area contributed by atoms with Crippen LogP contribution in [0.15, 0.2) is 36.4 Å². The lowest BCUT2D eigenvalue weighted by molar-refractivity contribution is 0.400. The Morgan fingerprint density at radius 2 is 1.94 bits per heavy atom. The molecule has 94 valence electrons. The van der Waals surface area contributed by atoms with Crippen molar-refractivity contribution in [1.29, 1.82) is 0 Å². The first-order valence-corrected chi connectivity index (χ1v) is 6.65. The van der Waals surface area contributed by atoms with Crippen LogP contribution in [0.3, 0.4) is 0 Å². The first-order valence-electron chi connectivity index (χ1n) is 5.58. The molecule has 3 nitrogen and oxygen atoms in total. The zero-order chi connectivity index (χ0) is 13.1. The number of hydrogen-bond acceptors (Lipinski definition) is 3. The van der Waals surface area contributed by atoms with Crippen LogP contribution in [0, 0.1) is 10.5 Å². The number of phenolic OH excluding ortho intramolecular Hbond substituents is 2. The average molecular weight is 355 g/mol. The molecule has 0 aliphatic carbocycles. The second-order valence-electron chi connectivity index (χ2n) is 4.10. The molecular formula is C14H14INO2. The average Bonchev–Trinajstić information content (AvgIpc) is 2.33. The number of aromatic hydroxyl groups is 2. The van der Waals surface area contributed by atoms with Crippen molar-refractivity contribution in [2.45, 2.75) is 13.5 Å². The van der Waals surface area contributed by atoms with E-state index >= 15 is 0 Å². The molecule has 0 aliphatic heterocycles. The van der Waals surface area contributed by atoms with Crippen molar-refractivity contribution < 1.29 is 10.2 Å². The normalized spacial score (nSPS) is 10.3. The van der Waals surface area contributed by atoms with Crippen LogP contribution in [0.1, 0.15) is 11.1 Å². The minimum absolute atomic E-state index is 0.0619. The van der Waals surface area contributed by atoms with Crippen molar-refractivity contribution in [1.82, 2.24) is 0 Å². The van der Waals surface area contributed by atoms with Gasteiger partial charge in [0.05, 0.1) is 0 Å². The fourth-order valence-electron chi connectivity index (χ4n) is 1.74. The molecule has 2 aromatic rings. The van der Waals surface area contributed by atoms with Crippen LogP contribution in [-0.2, 0) is 6.54 Å². The summed E-state index contributed by atoms with van der Waals surface area (Å²) in [4.78, 5) is 0. The summed E-state index contributed by atoms with van der Waals surface area (Å²) >= 11 is 2.27. The van der Waals surface area contributed by atoms with E-state index in [9.17, 15) is 10.2 Å². The van der Waals surface area contributed by atoms with Crippen LogP contribution in [0.4, 0.5) is 5.69 Å². The number of halogens is 1. The third-order valence-corrected chi connectivity index (χ3v) is 3.43. The van der Waals surface area contributed by atoms with Crippen molar-refractivity contribution >= 4 is 28.3 Å². The molecule has 0 unspecified atom stereocenters. The zero-order valence-electron chi connectivity index (χ0n) is 9.94. The van der Waals surface area contributed by atoms with E-state index in [-0.39, 0.29) is 11.5 Å². The van der Waals surface area contributed by atoms with Gasteiger partial charge < -0.3 is 15.5 Å². The highest BCUT2D eigenvalue weighted by atomic mass is 127. The molecule has 0 radical (unpaired) electrons. The van der Waals surface area contributed by atoms with E-state index in [4.69, 9.17) is 0 Å². The minimum atomic E-state index is -0.0892. The molecule has 0 fully saturated rings. The Balaban J connectivity index is 2.14. The van der Waals surface area contributed by atoms with Gasteiger partial charge in [-0.3, -0.25) is 0 Å². The fraction of sp³-hybridized carbons (Fsp3) is 0.143. The summed E-state index contributed by atoms with van der Waals surface area (Å²) in [6.07, 6.45) is 0. The van der Waals surface area contributed by atoms with E-state index in [1.54, 1.807) is 12.1 Å². The van der Waals surface area contributed by atoms with Crippen molar-refractivity contribution in [3.05, 3.63) is 51.1 Å². The Bertz CT molecular complexity index is 570. The molecule has 18 heavy (non-hydrogen) atoms. The number of rotatable bonds is 3. The summed E-state index contributed by atoms with van der Waals surface area (Å²) in [5.74, 6) is -0.151. The SMILES string of the molecule is Cc1cc(I)ccc1NCc1cccc(O)c1O. The van der Waals surface area contributed by atoms with Crippen molar-refractivity contribution in [3.8, 4) is 11.5 Å². The van der Waals surface area contributed by atoms with Crippen LogP contribution in [0.5, 0.6) is 11.5 Å². The quantitative estimate of drug-likeness (QED) is 0.582. The molecule has 3 N–H and O–H groups in total. The predicted molar refractivity (Wildman–Crippen MR) is 81.0 cm³/mol. The van der Waals surface area contributed by atoms with Crippen molar-refractivity contribution in [3.63, 3.8) is 0 Å². The molecule has 4 heteroatoms. The summed E-state index contributed by atoms with van der Waals surface area (Å²) in [5.41, 5.74) is 2.85. The standard InChI is InChI=1S/C14H14INO2/c1-9-7-11(15)5-6-12(9)16-8-10-3-2-4-13(17)14(10)18/h2-7,16-18H,8H2,1H3. The Labute approximate surface area is 120 Å². The van der Waals surface area contributed by atoms with Gasteiger partial charge in [0.2, 0.25) is 0 Å². The van der Waals surface area contributed by atoms with E-state index in [0.29, 0.717) is 12.1 Å². The highest BCUT2D eigenvalue weighted by Crippen LogP contribution is 2.29. The molecule has 0 aromatic heterocycles. The van der Waals surface area contributed by atoms with Gasteiger partial charge in [-0.1, -0.05) is 12.1 Å². The van der Waals surface area contributed by atoms with Gasteiger partial charge in [-0.05, 0) is 59.3 Å². The highest BCUT2D eigenvalue weighted by Gasteiger charge is 2.06. The van der Waals surface area contributed by atoms with Crippen molar-refractivity contribution in [2.24, 2.45) is 0 Å². The maximum absolute atomic E-state index is 9.70. The minimum Gasteiger partial charge on any atom is -0.504 e. The number of aryl methyl sites for hydroxylation is 1. The first kappa shape index (κ1) is 13.0. The molecule has 0 saturated heterocycles. The summed E-state index contributed by atoms with van der Waals surface area (Å²) in [7, 11) is 0. The number of anilines is 1. The van der Waals surface area contributed by atoms with Gasteiger partial charge in [0, 0.05) is 21.4 Å². The zero-order valence-corrected chi connectivity index (χ0v) is 12.1. The molecule has 0 bridgehead atoms. The number of phenols is 2. The van der Waals surface area contributed by atoms with E-state index in [0.717, 1.165) is 11.3 Å². The third-order valence-electron chi connectivity index (χ3n) is 2.76. The maximum atomic E-state index is 9.70. The number of benzene rings is 2. The Kier molecular flexibility index (Phi) is 3.96. The van der Waals surface area contributed by atoms with E-state index in [2.05, 4.69) is 34.0 Å². The second-order valence-corrected chi connectivity index (χ2v) is 5.34. The van der Waals surface area contributed by atoms with E-state index in [1.807, 2.05) is 19.1 Å². The summed E-state index contributed by atoms with van der Waals surface area (Å²) in [6, 6.07) is 11.1. The van der Waals surface area contributed by atoms with Crippen molar-refractivity contribution in [2.75, 3.05) is 5.32 Å². The Hall–Kier alpha value is -1.43. The second kappa shape index (κ2) is 5.48. The lowest BCUT2D eigenvalue weighted by Crippen LogP contribution is -2.01. The van der Waals surface area contributed by atoms with Gasteiger partial charge in [0.25, 0.3) is 0 Å². The first-order chi connectivity index (χ1) is 8.58. The molecule has 2 rings (SSSR count). The van der Waals surface area contributed by atoms with Gasteiger partial charge in [-0.25, -0.2) is 0 Å². The van der Waals surface area contributed by atoms with Gasteiger partial charge in [-0.15, -0.1) is 0 Å². The summed E-state index contributed by atoms with van der Waals surface area (Å²) in [6.45, 7) is 2.51. The molecular weight excluding hydrogens is 341 g/mol. The van der Waals surface area contributed by atoms with Crippen LogP contribution in [-0.4, -0.2) is 10.2 Å². The summed E-state index contributed by atoms with van der Waals surface area (Å²) in [5, 5.41) is 22.4. The highest BCUT2D eigenvalue weighted by molar-refractivity contribution is 14.1. The monoisotopic (exact) mass is 355 g/mol. The fourth-order valence-corrected chi connectivity index (χ4v) is 2.38. The molecule has 0 aliphatic rings. The number of para-hydroxylation sites is 1. The molecule has 0 saturated carbocycles. The van der Waals surface area contributed by atoms with Gasteiger partial charge in [0.1, 0.15) is 0 Å². The predicted octanol–water partition coefficient (Wildman–Crippen LogP) is 3.62. The summed E-state index contributed by atoms with van der Waals surface area (Å²) < 4.78 is 1.19. The Morgan fingerprint density at radius 1 is 1.17 bits per heavy atom. The number of nitrogens with one attached hydrogen (secondary N) is 1. The van der Waals surface area contributed by atoms with Gasteiger partial charge in [0.15, 0.2) is 11.5 Å². The third kappa shape index (κ3) is 2.87. The lowest BCUT2D eigenvalue weighted by atomic mass is 10.1. The molecule has 0 heterocycles. The van der Waals surface area contributed by atoms with E-state index < -0.39 is 0 Å². The Morgan fingerprint density at radius 3 is 2.67 bits per heavy atom. The molecule has 0 amide bonds. The van der Waals surface area contributed by atoms with Crippen LogP contribution >= 0.6 is 22.6 Å². The smallest absolute Gasteiger partial charge is 0.162 e.